The third kappa shape index (κ3) is 3.61. The van der Waals surface area contributed by atoms with E-state index in [4.69, 9.17) is 16.3 Å². The molecule has 1 amide bonds. The van der Waals surface area contributed by atoms with E-state index in [1.807, 2.05) is 30.3 Å². The number of carbonyl (C=O) groups excluding carboxylic acids is 1. The number of thiophene rings is 1. The number of hydrogen-bond acceptors (Lipinski definition) is 5. The van der Waals surface area contributed by atoms with Gasteiger partial charge < -0.3 is 4.74 Å². The lowest BCUT2D eigenvalue weighted by Gasteiger charge is -2.22. The minimum Gasteiger partial charge on any atom is -0.376 e. The number of rotatable bonds is 4. The number of carbonyl (C=O) groups is 1. The third-order valence-corrected chi connectivity index (χ3v) is 6.99. The number of halogens is 2. The van der Waals surface area contributed by atoms with Crippen LogP contribution in [0.15, 0.2) is 34.1 Å². The maximum Gasteiger partial charge on any atom is 0.270 e. The van der Waals surface area contributed by atoms with E-state index in [-0.39, 0.29) is 12.0 Å². The number of nitrogens with zero attached hydrogens (tertiary/aromatic N) is 2. The first-order valence-corrected chi connectivity index (χ1v) is 10.7. The number of thiazole rings is 1. The molecule has 0 aliphatic carbocycles. The van der Waals surface area contributed by atoms with Crippen molar-refractivity contribution in [3.05, 3.63) is 44.0 Å². The Kier molecular flexibility index (Phi) is 5.11. The monoisotopic (exact) mass is 456 g/mol. The van der Waals surface area contributed by atoms with Gasteiger partial charge >= 0.3 is 0 Å². The minimum atomic E-state index is -0.0543. The summed E-state index contributed by atoms with van der Waals surface area (Å²) in [6, 6.07) is 9.40. The van der Waals surface area contributed by atoms with Crippen LogP contribution in [0, 0.1) is 0 Å². The molecule has 0 spiro atoms. The van der Waals surface area contributed by atoms with Gasteiger partial charge in [0.05, 0.1) is 31.0 Å². The molecule has 0 N–H and O–H groups in total. The van der Waals surface area contributed by atoms with E-state index >= 15 is 0 Å². The fourth-order valence-corrected chi connectivity index (χ4v) is 5.43. The molecule has 1 aliphatic rings. The number of amides is 1. The van der Waals surface area contributed by atoms with Crippen molar-refractivity contribution in [2.24, 2.45) is 0 Å². The number of para-hydroxylation sites is 1. The fraction of sp³-hybridized carbons (Fsp3) is 0.294. The lowest BCUT2D eigenvalue weighted by molar-refractivity contribution is 0.0920. The number of ether oxygens (including phenoxy) is 1. The quantitative estimate of drug-likeness (QED) is 0.512. The fourth-order valence-electron chi connectivity index (χ4n) is 2.82. The van der Waals surface area contributed by atoms with Gasteiger partial charge in [-0.2, -0.15) is 0 Å². The van der Waals surface area contributed by atoms with Crippen molar-refractivity contribution in [3.8, 4) is 0 Å². The Balaban J connectivity index is 1.72. The predicted molar refractivity (Wildman–Crippen MR) is 107 cm³/mol. The van der Waals surface area contributed by atoms with Gasteiger partial charge in [-0.1, -0.05) is 29.0 Å². The van der Waals surface area contributed by atoms with Gasteiger partial charge in [0.15, 0.2) is 5.13 Å². The second-order valence-electron chi connectivity index (χ2n) is 5.74. The molecule has 0 bridgehead atoms. The largest absolute Gasteiger partial charge is 0.376 e. The van der Waals surface area contributed by atoms with Crippen molar-refractivity contribution in [1.29, 1.82) is 0 Å². The highest BCUT2D eigenvalue weighted by molar-refractivity contribution is 9.11. The highest BCUT2D eigenvalue weighted by atomic mass is 79.9. The molecule has 0 saturated carbocycles. The Bertz CT molecular complexity index is 920. The summed E-state index contributed by atoms with van der Waals surface area (Å²) in [5, 5.41) is 1.26. The van der Waals surface area contributed by atoms with E-state index in [2.05, 4.69) is 20.9 Å². The van der Waals surface area contributed by atoms with Crippen molar-refractivity contribution >= 4 is 71.5 Å². The molecule has 1 aromatic carbocycles. The van der Waals surface area contributed by atoms with E-state index < -0.39 is 0 Å². The average molecular weight is 458 g/mol. The van der Waals surface area contributed by atoms with Crippen LogP contribution in [0.25, 0.3) is 10.2 Å². The molecule has 3 heterocycles. The van der Waals surface area contributed by atoms with Crippen LogP contribution in [0.1, 0.15) is 22.5 Å². The molecule has 1 saturated heterocycles. The second kappa shape index (κ2) is 7.32. The molecule has 4 rings (SSSR count). The smallest absolute Gasteiger partial charge is 0.270 e. The van der Waals surface area contributed by atoms with E-state index in [9.17, 15) is 4.79 Å². The average Bonchev–Trinajstić information content (AvgIpc) is 3.32. The molecule has 130 valence electrons. The lowest BCUT2D eigenvalue weighted by atomic mass is 10.2. The molecule has 3 aromatic rings. The maximum absolute atomic E-state index is 13.1. The van der Waals surface area contributed by atoms with Crippen LogP contribution in [0.5, 0.6) is 0 Å². The lowest BCUT2D eigenvalue weighted by Crippen LogP contribution is -2.37. The van der Waals surface area contributed by atoms with Crippen molar-refractivity contribution in [2.45, 2.75) is 18.9 Å². The van der Waals surface area contributed by atoms with Crippen molar-refractivity contribution in [1.82, 2.24) is 4.98 Å². The molecule has 4 nitrogen and oxygen atoms in total. The summed E-state index contributed by atoms with van der Waals surface area (Å²) in [5.74, 6) is -0.0543. The van der Waals surface area contributed by atoms with E-state index in [1.54, 1.807) is 4.90 Å². The molecule has 1 aliphatic heterocycles. The van der Waals surface area contributed by atoms with E-state index in [0.717, 1.165) is 33.5 Å². The topological polar surface area (TPSA) is 42.4 Å². The molecule has 1 atom stereocenters. The van der Waals surface area contributed by atoms with E-state index in [0.29, 0.717) is 21.6 Å². The number of fused-ring (bicyclic) bond motifs is 1. The summed E-state index contributed by atoms with van der Waals surface area (Å²) >= 11 is 12.6. The van der Waals surface area contributed by atoms with Gasteiger partial charge in [0.2, 0.25) is 0 Å². The summed E-state index contributed by atoms with van der Waals surface area (Å²) in [7, 11) is 0. The molecule has 2 aromatic heterocycles. The first kappa shape index (κ1) is 17.4. The summed E-state index contributed by atoms with van der Waals surface area (Å²) in [5.41, 5.74) is 0.738. The Labute approximate surface area is 166 Å². The highest BCUT2D eigenvalue weighted by Crippen LogP contribution is 2.35. The Morgan fingerprint density at radius 3 is 2.92 bits per heavy atom. The van der Waals surface area contributed by atoms with Crippen LogP contribution >= 0.6 is 50.2 Å². The molecule has 1 fully saturated rings. The minimum absolute atomic E-state index is 0.0508. The molecular formula is C17H14BrClN2O2S2. The van der Waals surface area contributed by atoms with Crippen LogP contribution in [0.3, 0.4) is 0 Å². The van der Waals surface area contributed by atoms with Crippen LogP contribution in [0.4, 0.5) is 5.13 Å². The molecule has 0 radical (unpaired) electrons. The van der Waals surface area contributed by atoms with Crippen LogP contribution in [0.2, 0.25) is 5.02 Å². The number of hydrogen-bond donors (Lipinski definition) is 0. The summed E-state index contributed by atoms with van der Waals surface area (Å²) in [6.45, 7) is 1.26. The normalized spacial score (nSPS) is 17.3. The second-order valence-corrected chi connectivity index (χ2v) is 9.62. The van der Waals surface area contributed by atoms with Gasteiger partial charge in [0, 0.05) is 6.61 Å². The van der Waals surface area contributed by atoms with Crippen LogP contribution in [-0.4, -0.2) is 30.1 Å². The van der Waals surface area contributed by atoms with Crippen molar-refractivity contribution in [3.63, 3.8) is 0 Å². The highest BCUT2D eigenvalue weighted by Gasteiger charge is 2.28. The van der Waals surface area contributed by atoms with Gasteiger partial charge in [-0.15, -0.1) is 11.3 Å². The predicted octanol–water partition coefficient (Wildman–Crippen LogP) is 5.60. The van der Waals surface area contributed by atoms with Crippen LogP contribution in [-0.2, 0) is 4.74 Å². The first-order valence-electron chi connectivity index (χ1n) is 7.85. The molecule has 25 heavy (non-hydrogen) atoms. The van der Waals surface area contributed by atoms with E-state index in [1.165, 1.54) is 22.7 Å². The molecular weight excluding hydrogens is 444 g/mol. The number of aromatic nitrogens is 1. The SMILES string of the molecule is O=C(c1ccc(Br)s1)N(CC1CCCO1)c1nc2c(Cl)cccc2s1. The van der Waals surface area contributed by atoms with Crippen molar-refractivity contribution in [2.75, 3.05) is 18.1 Å². The van der Waals surface area contributed by atoms with Crippen LogP contribution < -0.4 is 4.90 Å². The zero-order valence-electron chi connectivity index (χ0n) is 13.1. The standard InChI is InChI=1S/C17H14BrClN2O2S2/c18-14-7-6-13(24-14)16(22)21(9-10-3-2-8-23-10)17-20-15-11(19)4-1-5-12(15)25-17/h1,4-7,10H,2-3,8-9H2. The van der Waals surface area contributed by atoms with Crippen molar-refractivity contribution < 1.29 is 9.53 Å². The summed E-state index contributed by atoms with van der Waals surface area (Å²) in [4.78, 5) is 20.1. The number of anilines is 1. The maximum atomic E-state index is 13.1. The van der Waals surface area contributed by atoms with Gasteiger partial charge in [0.1, 0.15) is 5.52 Å². The summed E-state index contributed by atoms with van der Waals surface area (Å²) < 4.78 is 7.65. The number of benzene rings is 1. The third-order valence-electron chi connectivity index (χ3n) is 4.03. The zero-order chi connectivity index (χ0) is 17.4. The van der Waals surface area contributed by atoms with Gasteiger partial charge in [-0.25, -0.2) is 4.98 Å². The van der Waals surface area contributed by atoms with Gasteiger partial charge in [-0.3, -0.25) is 9.69 Å². The Morgan fingerprint density at radius 2 is 2.24 bits per heavy atom. The molecule has 8 heteroatoms. The Morgan fingerprint density at radius 1 is 1.36 bits per heavy atom. The summed E-state index contributed by atoms with van der Waals surface area (Å²) in [6.07, 6.45) is 2.04. The zero-order valence-corrected chi connectivity index (χ0v) is 17.1. The van der Waals surface area contributed by atoms with Gasteiger partial charge in [0.25, 0.3) is 5.91 Å². The first-order chi connectivity index (χ1) is 12.1. The Hall–Kier alpha value is -0.990. The molecule has 1 unspecified atom stereocenters. The van der Waals surface area contributed by atoms with Gasteiger partial charge in [-0.05, 0) is 53.0 Å².